The second-order valence-corrected chi connectivity index (χ2v) is 4.40. The number of carbonyl (C=O) groups excluding carboxylic acids is 1. The molecule has 0 bridgehead atoms. The number of benzene rings is 1. The molecule has 6 nitrogen and oxygen atoms in total. The number of hydrogen-bond acceptors (Lipinski definition) is 4. The predicted octanol–water partition coefficient (Wildman–Crippen LogP) is 1.01. The van der Waals surface area contributed by atoms with E-state index in [2.05, 4.69) is 5.32 Å². The number of carbonyl (C=O) groups is 2. The highest BCUT2D eigenvalue weighted by Crippen LogP contribution is 2.17. The second-order valence-electron chi connectivity index (χ2n) is 4.40. The molecule has 1 aromatic carbocycles. The van der Waals surface area contributed by atoms with Crippen LogP contribution in [0.3, 0.4) is 0 Å². The molecule has 110 valence electrons. The van der Waals surface area contributed by atoms with Gasteiger partial charge in [0.05, 0.1) is 12.5 Å². The Balaban J connectivity index is 2.66. The highest BCUT2D eigenvalue weighted by molar-refractivity contribution is 5.91. The number of anilines is 1. The SMILES string of the molecule is COC(CN)CC(=O)Nc1ccccc1CCC(=O)O. The fraction of sp³-hybridized carbons (Fsp3) is 0.429. The van der Waals surface area contributed by atoms with Crippen molar-refractivity contribution in [2.75, 3.05) is 19.0 Å². The Morgan fingerprint density at radius 1 is 1.40 bits per heavy atom. The lowest BCUT2D eigenvalue weighted by Crippen LogP contribution is -2.28. The number of carboxylic acid groups (broad SMARTS) is 1. The van der Waals surface area contributed by atoms with Crippen LogP contribution in [0.1, 0.15) is 18.4 Å². The molecule has 0 spiro atoms. The average Bonchev–Trinajstić information content (AvgIpc) is 2.43. The van der Waals surface area contributed by atoms with E-state index in [0.717, 1.165) is 5.56 Å². The second kappa shape index (κ2) is 8.29. The third-order valence-corrected chi connectivity index (χ3v) is 2.91. The van der Waals surface area contributed by atoms with Gasteiger partial charge in [-0.05, 0) is 18.1 Å². The first-order valence-corrected chi connectivity index (χ1v) is 6.39. The Morgan fingerprint density at radius 3 is 2.70 bits per heavy atom. The molecular weight excluding hydrogens is 260 g/mol. The molecule has 0 radical (unpaired) electrons. The molecule has 1 rings (SSSR count). The van der Waals surface area contributed by atoms with Crippen LogP contribution in [0.2, 0.25) is 0 Å². The van der Waals surface area contributed by atoms with E-state index in [-0.39, 0.29) is 31.4 Å². The number of para-hydroxylation sites is 1. The van der Waals surface area contributed by atoms with E-state index < -0.39 is 5.97 Å². The van der Waals surface area contributed by atoms with Crippen molar-refractivity contribution in [3.8, 4) is 0 Å². The molecule has 0 heterocycles. The molecule has 0 aliphatic rings. The monoisotopic (exact) mass is 280 g/mol. The lowest BCUT2D eigenvalue weighted by atomic mass is 10.1. The number of nitrogens with two attached hydrogens (primary N) is 1. The summed E-state index contributed by atoms with van der Waals surface area (Å²) in [6.07, 6.45) is 0.244. The van der Waals surface area contributed by atoms with Gasteiger partial charge in [-0.3, -0.25) is 9.59 Å². The van der Waals surface area contributed by atoms with E-state index in [1.54, 1.807) is 18.2 Å². The van der Waals surface area contributed by atoms with Gasteiger partial charge < -0.3 is 20.9 Å². The van der Waals surface area contributed by atoms with E-state index in [0.29, 0.717) is 12.1 Å². The minimum absolute atomic E-state index is 0.0242. The highest BCUT2D eigenvalue weighted by Gasteiger charge is 2.13. The molecule has 6 heteroatoms. The van der Waals surface area contributed by atoms with Gasteiger partial charge >= 0.3 is 5.97 Å². The van der Waals surface area contributed by atoms with Crippen LogP contribution in [0.25, 0.3) is 0 Å². The normalized spacial score (nSPS) is 11.9. The molecule has 4 N–H and O–H groups in total. The van der Waals surface area contributed by atoms with E-state index >= 15 is 0 Å². The number of rotatable bonds is 8. The van der Waals surface area contributed by atoms with Crippen LogP contribution in [0.5, 0.6) is 0 Å². The maximum absolute atomic E-state index is 11.9. The summed E-state index contributed by atoms with van der Waals surface area (Å²) in [5.41, 5.74) is 6.89. The summed E-state index contributed by atoms with van der Waals surface area (Å²) in [5.74, 6) is -1.07. The predicted molar refractivity (Wildman–Crippen MR) is 75.5 cm³/mol. The fourth-order valence-electron chi connectivity index (χ4n) is 1.77. The van der Waals surface area contributed by atoms with Crippen LogP contribution in [-0.2, 0) is 20.7 Å². The van der Waals surface area contributed by atoms with Gasteiger partial charge in [0, 0.05) is 25.8 Å². The van der Waals surface area contributed by atoms with Crippen LogP contribution in [0.15, 0.2) is 24.3 Å². The van der Waals surface area contributed by atoms with E-state index in [1.807, 2.05) is 6.07 Å². The van der Waals surface area contributed by atoms with Gasteiger partial charge in [-0.15, -0.1) is 0 Å². The zero-order chi connectivity index (χ0) is 15.0. The molecule has 0 aliphatic carbocycles. The van der Waals surface area contributed by atoms with Gasteiger partial charge in [0.25, 0.3) is 0 Å². The molecule has 0 saturated heterocycles. The molecular formula is C14H20N2O4. The number of nitrogens with one attached hydrogen (secondary N) is 1. The van der Waals surface area contributed by atoms with Crippen LogP contribution in [0.4, 0.5) is 5.69 Å². The third-order valence-electron chi connectivity index (χ3n) is 2.91. The van der Waals surface area contributed by atoms with Gasteiger partial charge in [-0.2, -0.15) is 0 Å². The van der Waals surface area contributed by atoms with Gasteiger partial charge in [0.2, 0.25) is 5.91 Å². The molecule has 1 amide bonds. The largest absolute Gasteiger partial charge is 0.481 e. The summed E-state index contributed by atoms with van der Waals surface area (Å²) in [7, 11) is 1.51. The third kappa shape index (κ3) is 5.38. The number of methoxy groups -OCH3 is 1. The minimum Gasteiger partial charge on any atom is -0.481 e. The van der Waals surface area contributed by atoms with Crippen molar-refractivity contribution in [1.82, 2.24) is 0 Å². The summed E-state index contributed by atoms with van der Waals surface area (Å²) < 4.78 is 5.05. The average molecular weight is 280 g/mol. The summed E-state index contributed by atoms with van der Waals surface area (Å²) >= 11 is 0. The summed E-state index contributed by atoms with van der Waals surface area (Å²) in [4.78, 5) is 22.5. The first kappa shape index (κ1) is 16.1. The Morgan fingerprint density at radius 2 is 2.10 bits per heavy atom. The standard InChI is InChI=1S/C14H20N2O4/c1-20-11(9-15)8-13(17)16-12-5-3-2-4-10(12)6-7-14(18)19/h2-5,11H,6-9,15H2,1H3,(H,16,17)(H,18,19). The molecule has 1 unspecified atom stereocenters. The van der Waals surface area contributed by atoms with E-state index in [4.69, 9.17) is 15.6 Å². The lowest BCUT2D eigenvalue weighted by molar-refractivity contribution is -0.137. The van der Waals surface area contributed by atoms with Gasteiger partial charge in [-0.25, -0.2) is 0 Å². The molecule has 1 aromatic rings. The van der Waals surface area contributed by atoms with Crippen molar-refractivity contribution < 1.29 is 19.4 Å². The molecule has 0 saturated carbocycles. The van der Waals surface area contributed by atoms with Crippen LogP contribution in [-0.4, -0.2) is 36.7 Å². The lowest BCUT2D eigenvalue weighted by Gasteiger charge is -2.14. The number of amides is 1. The van der Waals surface area contributed by atoms with Crippen molar-refractivity contribution in [1.29, 1.82) is 0 Å². The molecule has 0 fully saturated rings. The van der Waals surface area contributed by atoms with Crippen LogP contribution >= 0.6 is 0 Å². The Hall–Kier alpha value is -1.92. The smallest absolute Gasteiger partial charge is 0.303 e. The highest BCUT2D eigenvalue weighted by atomic mass is 16.5. The quantitative estimate of drug-likeness (QED) is 0.659. The Labute approximate surface area is 117 Å². The molecule has 1 atom stereocenters. The van der Waals surface area contributed by atoms with Crippen molar-refractivity contribution in [3.05, 3.63) is 29.8 Å². The number of aryl methyl sites for hydroxylation is 1. The van der Waals surface area contributed by atoms with Crippen molar-refractivity contribution in [3.63, 3.8) is 0 Å². The van der Waals surface area contributed by atoms with Gasteiger partial charge in [0.15, 0.2) is 0 Å². The van der Waals surface area contributed by atoms with E-state index in [1.165, 1.54) is 7.11 Å². The van der Waals surface area contributed by atoms with Gasteiger partial charge in [0.1, 0.15) is 0 Å². The maximum Gasteiger partial charge on any atom is 0.303 e. The maximum atomic E-state index is 11.9. The Bertz CT molecular complexity index is 458. The van der Waals surface area contributed by atoms with Crippen LogP contribution < -0.4 is 11.1 Å². The number of ether oxygens (including phenoxy) is 1. The number of carboxylic acids is 1. The van der Waals surface area contributed by atoms with Crippen molar-refractivity contribution in [2.45, 2.75) is 25.4 Å². The topological polar surface area (TPSA) is 102 Å². The number of hydrogen-bond donors (Lipinski definition) is 3. The minimum atomic E-state index is -0.867. The van der Waals surface area contributed by atoms with Crippen molar-refractivity contribution >= 4 is 17.6 Å². The van der Waals surface area contributed by atoms with Gasteiger partial charge in [-0.1, -0.05) is 18.2 Å². The summed E-state index contributed by atoms with van der Waals surface area (Å²) in [5, 5.41) is 11.5. The zero-order valence-corrected chi connectivity index (χ0v) is 11.5. The molecule has 20 heavy (non-hydrogen) atoms. The zero-order valence-electron chi connectivity index (χ0n) is 11.5. The first-order chi connectivity index (χ1) is 9.56. The Kier molecular flexibility index (Phi) is 6.69. The summed E-state index contributed by atoms with van der Waals surface area (Å²) in [6, 6.07) is 7.15. The van der Waals surface area contributed by atoms with Crippen molar-refractivity contribution in [2.24, 2.45) is 5.73 Å². The molecule has 0 aromatic heterocycles. The van der Waals surface area contributed by atoms with Crippen LogP contribution in [0, 0.1) is 0 Å². The first-order valence-electron chi connectivity index (χ1n) is 6.39. The number of aliphatic carboxylic acids is 1. The summed E-state index contributed by atoms with van der Waals surface area (Å²) in [6.45, 7) is 0.268. The fourth-order valence-corrected chi connectivity index (χ4v) is 1.77. The van der Waals surface area contributed by atoms with E-state index in [9.17, 15) is 9.59 Å². The molecule has 0 aliphatic heterocycles.